The summed E-state index contributed by atoms with van der Waals surface area (Å²) in [4.78, 5) is 0. The van der Waals surface area contributed by atoms with Gasteiger partial charge in [-0.15, -0.1) is 11.6 Å². The Balaban J connectivity index is 1.96. The maximum atomic E-state index is 6.29. The number of ether oxygens (including phenoxy) is 1. The summed E-state index contributed by atoms with van der Waals surface area (Å²) in [5.41, 5.74) is 0.459. The monoisotopic (exact) mass is 244 g/mol. The van der Waals surface area contributed by atoms with Crippen molar-refractivity contribution in [1.29, 1.82) is 0 Å². The lowest BCUT2D eigenvalue weighted by atomic mass is 9.70. The van der Waals surface area contributed by atoms with Gasteiger partial charge in [-0.2, -0.15) is 0 Å². The highest BCUT2D eigenvalue weighted by Crippen LogP contribution is 2.58. The van der Waals surface area contributed by atoms with Crippen LogP contribution in [0.5, 0.6) is 0 Å². The van der Waals surface area contributed by atoms with Crippen LogP contribution in [0.25, 0.3) is 0 Å². The molecule has 0 aromatic carbocycles. The van der Waals surface area contributed by atoms with Gasteiger partial charge in [0.15, 0.2) is 0 Å². The molecule has 0 aromatic rings. The zero-order valence-electron chi connectivity index (χ0n) is 10.9. The molecule has 94 valence electrons. The van der Waals surface area contributed by atoms with Gasteiger partial charge in [0.2, 0.25) is 0 Å². The van der Waals surface area contributed by atoms with Gasteiger partial charge in [0.25, 0.3) is 0 Å². The predicted octanol–water partition coefficient (Wildman–Crippen LogP) is 4.24. The Morgan fingerprint density at radius 3 is 2.56 bits per heavy atom. The van der Waals surface area contributed by atoms with Crippen molar-refractivity contribution in [3.63, 3.8) is 0 Å². The maximum Gasteiger partial charge on any atom is 0.0623 e. The van der Waals surface area contributed by atoms with Crippen molar-refractivity contribution in [2.75, 3.05) is 13.0 Å². The summed E-state index contributed by atoms with van der Waals surface area (Å²) in [6.07, 6.45) is 8.08. The standard InChI is InChI=1S/C14H25ClO/c1-13(2,16-3)6-7-14(10-15)9-11-4-5-12(14)8-11/h11-12H,4-10H2,1-3H3. The van der Waals surface area contributed by atoms with Gasteiger partial charge in [0, 0.05) is 13.0 Å². The minimum atomic E-state index is 0.0148. The summed E-state index contributed by atoms with van der Waals surface area (Å²) in [7, 11) is 1.81. The Labute approximate surface area is 105 Å². The Morgan fingerprint density at radius 1 is 1.38 bits per heavy atom. The van der Waals surface area contributed by atoms with E-state index in [-0.39, 0.29) is 5.60 Å². The number of halogens is 1. The van der Waals surface area contributed by atoms with Crippen LogP contribution in [0.1, 0.15) is 52.4 Å². The summed E-state index contributed by atoms with van der Waals surface area (Å²) in [5.74, 6) is 2.74. The Hall–Kier alpha value is 0.250. The van der Waals surface area contributed by atoms with Crippen molar-refractivity contribution in [3.05, 3.63) is 0 Å². The Kier molecular flexibility index (Phi) is 3.57. The molecule has 2 bridgehead atoms. The summed E-state index contributed by atoms with van der Waals surface area (Å²) in [6.45, 7) is 4.37. The Morgan fingerprint density at radius 2 is 2.12 bits per heavy atom. The van der Waals surface area contributed by atoms with Crippen LogP contribution in [0.15, 0.2) is 0 Å². The van der Waals surface area contributed by atoms with E-state index < -0.39 is 0 Å². The van der Waals surface area contributed by atoms with Gasteiger partial charge in [-0.05, 0) is 63.2 Å². The molecular weight excluding hydrogens is 220 g/mol. The van der Waals surface area contributed by atoms with Gasteiger partial charge in [0.05, 0.1) is 5.60 Å². The highest BCUT2D eigenvalue weighted by Gasteiger charge is 2.50. The third kappa shape index (κ3) is 2.26. The molecule has 0 saturated heterocycles. The highest BCUT2D eigenvalue weighted by molar-refractivity contribution is 6.18. The van der Waals surface area contributed by atoms with E-state index >= 15 is 0 Å². The molecule has 2 aliphatic rings. The topological polar surface area (TPSA) is 9.23 Å². The molecule has 3 atom stereocenters. The number of hydrogen-bond donors (Lipinski definition) is 0. The number of methoxy groups -OCH3 is 1. The van der Waals surface area contributed by atoms with Crippen molar-refractivity contribution >= 4 is 11.6 Å². The van der Waals surface area contributed by atoms with Crippen molar-refractivity contribution in [2.24, 2.45) is 17.3 Å². The average Bonchev–Trinajstić information content (AvgIpc) is 2.87. The fraction of sp³-hybridized carbons (Fsp3) is 1.00. The molecule has 0 aliphatic heterocycles. The fourth-order valence-electron chi connectivity index (χ4n) is 3.75. The van der Waals surface area contributed by atoms with Gasteiger partial charge in [-0.1, -0.05) is 6.42 Å². The maximum absolute atomic E-state index is 6.29. The number of rotatable bonds is 5. The van der Waals surface area contributed by atoms with E-state index in [0.29, 0.717) is 5.41 Å². The van der Waals surface area contributed by atoms with E-state index in [9.17, 15) is 0 Å². The summed E-state index contributed by atoms with van der Waals surface area (Å²) < 4.78 is 5.52. The molecule has 3 unspecified atom stereocenters. The molecule has 0 amide bonds. The molecule has 0 radical (unpaired) electrons. The second-order valence-electron chi connectivity index (χ2n) is 6.54. The molecule has 2 saturated carbocycles. The van der Waals surface area contributed by atoms with Gasteiger partial charge >= 0.3 is 0 Å². The molecule has 2 fully saturated rings. The molecule has 2 heteroatoms. The zero-order valence-corrected chi connectivity index (χ0v) is 11.6. The third-order valence-corrected chi connectivity index (χ3v) is 5.68. The quantitative estimate of drug-likeness (QED) is 0.658. The van der Waals surface area contributed by atoms with Crippen LogP contribution >= 0.6 is 11.6 Å². The zero-order chi connectivity index (χ0) is 11.8. The summed E-state index contributed by atoms with van der Waals surface area (Å²) in [6, 6.07) is 0. The number of hydrogen-bond acceptors (Lipinski definition) is 1. The fourth-order valence-corrected chi connectivity index (χ4v) is 4.21. The minimum absolute atomic E-state index is 0.0148. The average molecular weight is 245 g/mol. The molecule has 0 spiro atoms. The molecule has 2 aliphatic carbocycles. The lowest BCUT2D eigenvalue weighted by Crippen LogP contribution is -2.33. The van der Waals surface area contributed by atoms with Gasteiger partial charge in [-0.25, -0.2) is 0 Å². The van der Waals surface area contributed by atoms with Gasteiger partial charge in [0.1, 0.15) is 0 Å². The molecule has 0 aromatic heterocycles. The first-order valence-corrected chi connectivity index (χ1v) is 7.16. The molecule has 0 heterocycles. The molecular formula is C14H25ClO. The smallest absolute Gasteiger partial charge is 0.0623 e. The van der Waals surface area contributed by atoms with Gasteiger partial charge in [-0.3, -0.25) is 0 Å². The van der Waals surface area contributed by atoms with Crippen LogP contribution in [0, 0.1) is 17.3 Å². The van der Waals surface area contributed by atoms with Crippen molar-refractivity contribution < 1.29 is 4.74 Å². The first-order chi connectivity index (χ1) is 7.51. The number of fused-ring (bicyclic) bond motifs is 2. The first-order valence-electron chi connectivity index (χ1n) is 6.62. The molecule has 16 heavy (non-hydrogen) atoms. The van der Waals surface area contributed by atoms with Crippen LogP contribution < -0.4 is 0 Å². The van der Waals surface area contributed by atoms with E-state index in [2.05, 4.69) is 13.8 Å². The largest absolute Gasteiger partial charge is 0.379 e. The van der Waals surface area contributed by atoms with Crippen molar-refractivity contribution in [2.45, 2.75) is 58.0 Å². The minimum Gasteiger partial charge on any atom is -0.379 e. The summed E-state index contributed by atoms with van der Waals surface area (Å²) >= 11 is 6.29. The van der Waals surface area contributed by atoms with Crippen molar-refractivity contribution in [1.82, 2.24) is 0 Å². The van der Waals surface area contributed by atoms with Crippen LogP contribution in [0.2, 0.25) is 0 Å². The van der Waals surface area contributed by atoms with E-state index in [1.165, 1.54) is 32.1 Å². The van der Waals surface area contributed by atoms with E-state index in [1.807, 2.05) is 7.11 Å². The predicted molar refractivity (Wildman–Crippen MR) is 68.9 cm³/mol. The third-order valence-electron chi connectivity index (χ3n) is 5.15. The van der Waals surface area contributed by atoms with Crippen molar-refractivity contribution in [3.8, 4) is 0 Å². The normalized spacial score (nSPS) is 38.2. The van der Waals surface area contributed by atoms with Crippen LogP contribution in [0.4, 0.5) is 0 Å². The molecule has 2 rings (SSSR count). The number of alkyl halides is 1. The lowest BCUT2D eigenvalue weighted by Gasteiger charge is -2.38. The molecule has 0 N–H and O–H groups in total. The second kappa shape index (κ2) is 4.49. The van der Waals surface area contributed by atoms with Crippen LogP contribution in [0.3, 0.4) is 0 Å². The first kappa shape index (κ1) is 12.7. The van der Waals surface area contributed by atoms with Crippen LogP contribution in [-0.2, 0) is 4.74 Å². The summed E-state index contributed by atoms with van der Waals surface area (Å²) in [5, 5.41) is 0. The van der Waals surface area contributed by atoms with Crippen LogP contribution in [-0.4, -0.2) is 18.6 Å². The highest BCUT2D eigenvalue weighted by atomic mass is 35.5. The van der Waals surface area contributed by atoms with Gasteiger partial charge < -0.3 is 4.74 Å². The SMILES string of the molecule is COC(C)(C)CCC1(CCl)CC2CCC1C2. The molecule has 1 nitrogen and oxygen atoms in total. The van der Waals surface area contributed by atoms with E-state index in [0.717, 1.165) is 24.1 Å². The second-order valence-corrected chi connectivity index (χ2v) is 6.81. The van der Waals surface area contributed by atoms with E-state index in [4.69, 9.17) is 16.3 Å². The Bertz CT molecular complexity index is 251. The van der Waals surface area contributed by atoms with E-state index in [1.54, 1.807) is 0 Å². The lowest BCUT2D eigenvalue weighted by molar-refractivity contribution is -0.000343.